The van der Waals surface area contributed by atoms with Gasteiger partial charge in [0.25, 0.3) is 11.7 Å². The van der Waals surface area contributed by atoms with E-state index in [1.807, 2.05) is 0 Å². The van der Waals surface area contributed by atoms with Crippen molar-refractivity contribution in [3.63, 3.8) is 0 Å². The van der Waals surface area contributed by atoms with Crippen molar-refractivity contribution in [3.05, 3.63) is 81.2 Å². The van der Waals surface area contributed by atoms with Crippen LogP contribution in [-0.2, 0) is 16.1 Å². The summed E-state index contributed by atoms with van der Waals surface area (Å²) in [5.74, 6) is -1.07. The molecule has 8 nitrogen and oxygen atoms in total. The monoisotopic (exact) mass is 517 g/mol. The van der Waals surface area contributed by atoms with Crippen LogP contribution < -0.4 is 14.2 Å². The molecular formula is C25H21Cl2NO7. The van der Waals surface area contributed by atoms with Gasteiger partial charge in [-0.3, -0.25) is 9.59 Å². The number of benzene rings is 2. The Labute approximate surface area is 211 Å². The average Bonchev–Trinajstić information content (AvgIpc) is 3.47. The second-order valence-corrected chi connectivity index (χ2v) is 8.36. The lowest BCUT2D eigenvalue weighted by molar-refractivity contribution is -0.140. The molecule has 1 aliphatic rings. The first-order valence-electron chi connectivity index (χ1n) is 10.4. The van der Waals surface area contributed by atoms with Gasteiger partial charge in [-0.15, -0.1) is 0 Å². The van der Waals surface area contributed by atoms with Crippen LogP contribution in [0.2, 0.25) is 10.0 Å². The molecule has 1 saturated heterocycles. The number of carbonyl (C=O) groups is 2. The molecule has 1 aliphatic heterocycles. The SMILES string of the molecule is COc1ccc(CN2C(=O)C(=O)/C(=C(\O)c3cc(Cl)c(OC)c(Cl)c3OC)C2c2ccco2)cc1. The Kier molecular flexibility index (Phi) is 6.95. The molecule has 1 aromatic heterocycles. The lowest BCUT2D eigenvalue weighted by Crippen LogP contribution is -2.29. The van der Waals surface area contributed by atoms with Gasteiger partial charge in [-0.1, -0.05) is 35.3 Å². The number of rotatable bonds is 7. The Hall–Kier alpha value is -3.62. The van der Waals surface area contributed by atoms with Gasteiger partial charge < -0.3 is 28.6 Å². The minimum atomic E-state index is -1.00. The molecule has 35 heavy (non-hydrogen) atoms. The van der Waals surface area contributed by atoms with Crippen LogP contribution in [-0.4, -0.2) is 43.0 Å². The third kappa shape index (κ3) is 4.31. The lowest BCUT2D eigenvalue weighted by atomic mass is 9.98. The number of aliphatic hydroxyl groups excluding tert-OH is 1. The molecule has 182 valence electrons. The first kappa shape index (κ1) is 24.5. The summed E-state index contributed by atoms with van der Waals surface area (Å²) in [7, 11) is 4.28. The number of methoxy groups -OCH3 is 3. The zero-order valence-electron chi connectivity index (χ0n) is 19.0. The van der Waals surface area contributed by atoms with Crippen molar-refractivity contribution in [2.45, 2.75) is 12.6 Å². The van der Waals surface area contributed by atoms with Crippen molar-refractivity contribution < 1.29 is 33.3 Å². The van der Waals surface area contributed by atoms with Gasteiger partial charge in [0.05, 0.1) is 43.8 Å². The van der Waals surface area contributed by atoms with Crippen molar-refractivity contribution in [2.75, 3.05) is 21.3 Å². The summed E-state index contributed by atoms with van der Waals surface area (Å²) < 4.78 is 21.3. The Morgan fingerprint density at radius 3 is 2.29 bits per heavy atom. The van der Waals surface area contributed by atoms with Crippen LogP contribution in [0.3, 0.4) is 0 Å². The van der Waals surface area contributed by atoms with Gasteiger partial charge in [0.15, 0.2) is 11.5 Å². The predicted molar refractivity (Wildman–Crippen MR) is 129 cm³/mol. The van der Waals surface area contributed by atoms with Gasteiger partial charge in [-0.2, -0.15) is 0 Å². The summed E-state index contributed by atoms with van der Waals surface area (Å²) in [5.41, 5.74) is 0.591. The number of carbonyl (C=O) groups excluding carboxylic acids is 2. The molecule has 10 heteroatoms. The molecule has 4 rings (SSSR count). The van der Waals surface area contributed by atoms with Crippen LogP contribution >= 0.6 is 23.2 Å². The summed E-state index contributed by atoms with van der Waals surface area (Å²) in [6, 6.07) is 10.7. The van der Waals surface area contributed by atoms with Crippen LogP contribution in [0.1, 0.15) is 22.9 Å². The number of likely N-dealkylation sites (tertiary alicyclic amines) is 1. The maximum absolute atomic E-state index is 13.2. The number of Topliss-reactive ketones (excluding diaryl/α,β-unsaturated/α-hetero) is 1. The number of halogens is 2. The molecule has 0 aliphatic carbocycles. The van der Waals surface area contributed by atoms with E-state index in [0.29, 0.717) is 11.5 Å². The quantitative estimate of drug-likeness (QED) is 0.260. The smallest absolute Gasteiger partial charge is 0.296 e. The lowest BCUT2D eigenvalue weighted by Gasteiger charge is -2.23. The molecule has 2 heterocycles. The van der Waals surface area contributed by atoms with Gasteiger partial charge >= 0.3 is 0 Å². The fraction of sp³-hybridized carbons (Fsp3) is 0.200. The van der Waals surface area contributed by atoms with E-state index in [2.05, 4.69) is 0 Å². The van der Waals surface area contributed by atoms with E-state index in [-0.39, 0.29) is 39.2 Å². The molecule has 2 aromatic carbocycles. The van der Waals surface area contributed by atoms with Gasteiger partial charge in [-0.25, -0.2) is 0 Å². The topological polar surface area (TPSA) is 98.4 Å². The summed E-state index contributed by atoms with van der Waals surface area (Å²) in [6.45, 7) is 0.0813. The summed E-state index contributed by atoms with van der Waals surface area (Å²) in [6.07, 6.45) is 1.42. The van der Waals surface area contributed by atoms with E-state index < -0.39 is 23.5 Å². The van der Waals surface area contributed by atoms with Crippen molar-refractivity contribution in [2.24, 2.45) is 0 Å². The van der Waals surface area contributed by atoms with Crippen LogP contribution in [0.5, 0.6) is 17.2 Å². The highest BCUT2D eigenvalue weighted by molar-refractivity contribution is 6.46. The highest BCUT2D eigenvalue weighted by Gasteiger charge is 2.47. The molecule has 3 aromatic rings. The first-order chi connectivity index (χ1) is 16.8. The zero-order valence-corrected chi connectivity index (χ0v) is 20.5. The van der Waals surface area contributed by atoms with Crippen LogP contribution in [0.4, 0.5) is 0 Å². The molecule has 0 radical (unpaired) electrons. The Balaban J connectivity index is 1.87. The molecule has 1 fully saturated rings. The second-order valence-electron chi connectivity index (χ2n) is 7.58. The minimum Gasteiger partial charge on any atom is -0.507 e. The Morgan fingerprint density at radius 1 is 1.03 bits per heavy atom. The van der Waals surface area contributed by atoms with E-state index in [0.717, 1.165) is 5.56 Å². The maximum atomic E-state index is 13.2. The molecule has 0 saturated carbocycles. The van der Waals surface area contributed by atoms with Crippen molar-refractivity contribution in [1.82, 2.24) is 4.90 Å². The van der Waals surface area contributed by atoms with E-state index >= 15 is 0 Å². The van der Waals surface area contributed by atoms with Crippen LogP contribution in [0, 0.1) is 0 Å². The van der Waals surface area contributed by atoms with Gasteiger partial charge in [-0.05, 0) is 35.9 Å². The number of nitrogens with zero attached hydrogens (tertiary/aromatic N) is 1. The largest absolute Gasteiger partial charge is 0.507 e. The predicted octanol–water partition coefficient (Wildman–Crippen LogP) is 5.23. The van der Waals surface area contributed by atoms with Crippen LogP contribution in [0.15, 0.2) is 58.7 Å². The number of amides is 1. The molecule has 1 amide bonds. The number of hydrogen-bond donors (Lipinski definition) is 1. The molecular weight excluding hydrogens is 497 g/mol. The van der Waals surface area contributed by atoms with E-state index in [9.17, 15) is 14.7 Å². The van der Waals surface area contributed by atoms with Crippen LogP contribution in [0.25, 0.3) is 5.76 Å². The Morgan fingerprint density at radius 2 is 1.71 bits per heavy atom. The van der Waals surface area contributed by atoms with E-state index in [4.69, 9.17) is 41.8 Å². The van der Waals surface area contributed by atoms with Gasteiger partial charge in [0.1, 0.15) is 28.3 Å². The molecule has 1 atom stereocenters. The summed E-state index contributed by atoms with van der Waals surface area (Å²) >= 11 is 12.7. The number of furan rings is 1. The minimum absolute atomic E-state index is 0.00561. The molecule has 0 spiro atoms. The highest BCUT2D eigenvalue weighted by atomic mass is 35.5. The highest BCUT2D eigenvalue weighted by Crippen LogP contribution is 2.47. The fourth-order valence-electron chi connectivity index (χ4n) is 4.01. The van der Waals surface area contributed by atoms with E-state index in [1.54, 1.807) is 43.5 Å². The number of aliphatic hydroxyl groups is 1. The van der Waals surface area contributed by atoms with Crippen molar-refractivity contribution >= 4 is 40.7 Å². The van der Waals surface area contributed by atoms with Crippen molar-refractivity contribution in [1.29, 1.82) is 0 Å². The standard InChI is InChI=1S/C25H21Cl2NO7/c1-32-14-8-6-13(7-9-14)12-28-20(17-5-4-10-35-17)18(22(30)25(28)31)21(29)15-11-16(26)24(34-3)19(27)23(15)33-2/h4-11,20,29H,12H2,1-3H3/b21-18-. The van der Waals surface area contributed by atoms with Crippen molar-refractivity contribution in [3.8, 4) is 17.2 Å². The third-order valence-corrected chi connectivity index (χ3v) is 6.28. The average molecular weight is 518 g/mol. The number of hydrogen-bond acceptors (Lipinski definition) is 7. The van der Waals surface area contributed by atoms with Gasteiger partial charge in [0, 0.05) is 6.54 Å². The first-order valence-corrected chi connectivity index (χ1v) is 11.1. The number of ketones is 1. The van der Waals surface area contributed by atoms with Gasteiger partial charge in [0.2, 0.25) is 0 Å². The summed E-state index contributed by atoms with van der Waals surface area (Å²) in [4.78, 5) is 27.7. The van der Waals surface area contributed by atoms with E-state index in [1.165, 1.54) is 31.4 Å². The second kappa shape index (κ2) is 9.93. The number of ether oxygens (including phenoxy) is 3. The maximum Gasteiger partial charge on any atom is 0.296 e. The summed E-state index contributed by atoms with van der Waals surface area (Å²) in [5, 5.41) is 11.4. The third-order valence-electron chi connectivity index (χ3n) is 5.66. The molecule has 1 N–H and O–H groups in total. The zero-order chi connectivity index (χ0) is 25.3. The Bertz CT molecular complexity index is 1300. The normalized spacial score (nSPS) is 17.1. The molecule has 1 unspecified atom stereocenters. The fourth-order valence-corrected chi connectivity index (χ4v) is 4.69. The molecule has 0 bridgehead atoms.